The number of benzene rings is 3. The first-order valence-electron chi connectivity index (χ1n) is 10.6. The van der Waals surface area contributed by atoms with E-state index in [0.29, 0.717) is 45.7 Å². The van der Waals surface area contributed by atoms with Gasteiger partial charge in [-0.1, -0.05) is 47.5 Å². The molecule has 2 amide bonds. The number of hydrazone groups is 1. The quantitative estimate of drug-likeness (QED) is 0.283. The molecule has 2 N–H and O–H groups in total. The molecule has 8 heteroatoms. The van der Waals surface area contributed by atoms with Crippen LogP contribution in [0.2, 0.25) is 5.02 Å². The average Bonchev–Trinajstić information content (AvgIpc) is 2.84. The van der Waals surface area contributed by atoms with Gasteiger partial charge >= 0.3 is 11.8 Å². The standard InChI is InChI=1S/C26H26ClN3O4/c1-16-8-10-19(11-9-16)15-34-23-13-12-20(14-24(23)33-4)18(3)29-30-26(32)25(31)28-22-7-5-6-21(27)17(22)2/h5-14H,15H2,1-4H3,(H,28,31)(H,30,32). The highest BCUT2D eigenvalue weighted by molar-refractivity contribution is 6.40. The molecule has 34 heavy (non-hydrogen) atoms. The van der Waals surface area contributed by atoms with E-state index in [9.17, 15) is 9.59 Å². The van der Waals surface area contributed by atoms with Gasteiger partial charge in [0.2, 0.25) is 0 Å². The van der Waals surface area contributed by atoms with Crippen molar-refractivity contribution in [3.63, 3.8) is 0 Å². The molecular formula is C26H26ClN3O4. The number of nitrogens with one attached hydrogen (secondary N) is 2. The van der Waals surface area contributed by atoms with Crippen molar-refractivity contribution in [3.8, 4) is 11.5 Å². The number of nitrogens with zero attached hydrogens (tertiary/aromatic N) is 1. The third-order valence-corrected chi connectivity index (χ3v) is 5.55. The number of anilines is 1. The van der Waals surface area contributed by atoms with Gasteiger partial charge in [-0.15, -0.1) is 0 Å². The summed E-state index contributed by atoms with van der Waals surface area (Å²) in [4.78, 5) is 24.4. The van der Waals surface area contributed by atoms with Gasteiger partial charge in [0.1, 0.15) is 6.61 Å². The Balaban J connectivity index is 1.63. The van der Waals surface area contributed by atoms with Crippen LogP contribution in [0.25, 0.3) is 0 Å². The first kappa shape index (κ1) is 24.8. The van der Waals surface area contributed by atoms with Gasteiger partial charge in [0.15, 0.2) is 11.5 Å². The van der Waals surface area contributed by atoms with Gasteiger partial charge in [0.25, 0.3) is 0 Å². The van der Waals surface area contributed by atoms with E-state index >= 15 is 0 Å². The van der Waals surface area contributed by atoms with Gasteiger partial charge in [-0.3, -0.25) is 9.59 Å². The highest BCUT2D eigenvalue weighted by Gasteiger charge is 2.15. The van der Waals surface area contributed by atoms with Crippen molar-refractivity contribution in [3.05, 3.63) is 87.9 Å². The van der Waals surface area contributed by atoms with E-state index in [1.165, 1.54) is 5.56 Å². The molecule has 0 radical (unpaired) electrons. The average molecular weight is 480 g/mol. The van der Waals surface area contributed by atoms with E-state index in [1.54, 1.807) is 57.4 Å². The molecule has 176 valence electrons. The van der Waals surface area contributed by atoms with Crippen molar-refractivity contribution >= 4 is 34.8 Å². The number of rotatable bonds is 7. The first-order valence-corrected chi connectivity index (χ1v) is 10.9. The molecule has 0 heterocycles. The topological polar surface area (TPSA) is 89.0 Å². The molecule has 0 saturated carbocycles. The van der Waals surface area contributed by atoms with E-state index in [4.69, 9.17) is 21.1 Å². The minimum absolute atomic E-state index is 0.403. The zero-order valence-electron chi connectivity index (χ0n) is 19.4. The first-order chi connectivity index (χ1) is 16.3. The molecule has 0 unspecified atom stereocenters. The maximum Gasteiger partial charge on any atom is 0.329 e. The zero-order valence-corrected chi connectivity index (χ0v) is 20.2. The molecule has 7 nitrogen and oxygen atoms in total. The summed E-state index contributed by atoms with van der Waals surface area (Å²) in [7, 11) is 1.55. The second-order valence-corrected chi connectivity index (χ2v) is 8.05. The highest BCUT2D eigenvalue weighted by Crippen LogP contribution is 2.29. The number of hydrogen-bond donors (Lipinski definition) is 2. The van der Waals surface area contributed by atoms with Crippen molar-refractivity contribution in [1.29, 1.82) is 0 Å². The van der Waals surface area contributed by atoms with E-state index in [2.05, 4.69) is 15.8 Å². The van der Waals surface area contributed by atoms with Gasteiger partial charge in [0, 0.05) is 16.3 Å². The lowest BCUT2D eigenvalue weighted by molar-refractivity contribution is -0.136. The van der Waals surface area contributed by atoms with Crippen molar-refractivity contribution in [2.45, 2.75) is 27.4 Å². The van der Waals surface area contributed by atoms with Gasteiger partial charge in [-0.2, -0.15) is 5.10 Å². The monoisotopic (exact) mass is 479 g/mol. The lowest BCUT2D eigenvalue weighted by Crippen LogP contribution is -2.33. The number of carbonyl (C=O) groups is 2. The maximum atomic E-state index is 12.2. The minimum atomic E-state index is -0.899. The van der Waals surface area contributed by atoms with Crippen LogP contribution in [0.1, 0.15) is 29.2 Å². The summed E-state index contributed by atoms with van der Waals surface area (Å²) in [6.07, 6.45) is 0. The number of halogens is 1. The van der Waals surface area contributed by atoms with Crippen LogP contribution in [0.4, 0.5) is 5.69 Å². The fourth-order valence-electron chi connectivity index (χ4n) is 3.03. The third-order valence-electron chi connectivity index (χ3n) is 5.14. The SMILES string of the molecule is COc1cc(C(C)=NNC(=O)C(=O)Nc2cccc(Cl)c2C)ccc1OCc1ccc(C)cc1. The Bertz CT molecular complexity index is 1220. The number of amides is 2. The number of aryl methyl sites for hydroxylation is 1. The van der Waals surface area contributed by atoms with Crippen LogP contribution in [0.3, 0.4) is 0 Å². The number of ether oxygens (including phenoxy) is 2. The fourth-order valence-corrected chi connectivity index (χ4v) is 3.20. The largest absolute Gasteiger partial charge is 0.493 e. The molecule has 0 aliphatic heterocycles. The van der Waals surface area contributed by atoms with Crippen LogP contribution in [0.5, 0.6) is 11.5 Å². The number of carbonyl (C=O) groups excluding carboxylic acids is 2. The normalized spacial score (nSPS) is 11.0. The van der Waals surface area contributed by atoms with Crippen LogP contribution >= 0.6 is 11.6 Å². The van der Waals surface area contributed by atoms with Crippen LogP contribution in [-0.2, 0) is 16.2 Å². The van der Waals surface area contributed by atoms with Crippen molar-refractivity contribution in [2.75, 3.05) is 12.4 Å². The lowest BCUT2D eigenvalue weighted by Gasteiger charge is -2.12. The second kappa shape index (κ2) is 11.3. The van der Waals surface area contributed by atoms with Crippen LogP contribution in [-0.4, -0.2) is 24.6 Å². The lowest BCUT2D eigenvalue weighted by atomic mass is 10.1. The smallest absolute Gasteiger partial charge is 0.329 e. The van der Waals surface area contributed by atoms with Crippen molar-refractivity contribution in [1.82, 2.24) is 5.43 Å². The van der Waals surface area contributed by atoms with E-state index in [1.807, 2.05) is 31.2 Å². The van der Waals surface area contributed by atoms with E-state index < -0.39 is 11.8 Å². The second-order valence-electron chi connectivity index (χ2n) is 7.64. The van der Waals surface area contributed by atoms with Gasteiger partial charge in [-0.05, 0) is 62.2 Å². The van der Waals surface area contributed by atoms with Gasteiger partial charge < -0.3 is 14.8 Å². The van der Waals surface area contributed by atoms with E-state index in [0.717, 1.165) is 5.56 Å². The number of hydrogen-bond acceptors (Lipinski definition) is 5. The van der Waals surface area contributed by atoms with E-state index in [-0.39, 0.29) is 0 Å². The molecule has 0 spiro atoms. The Hall–Kier alpha value is -3.84. The molecule has 3 aromatic carbocycles. The summed E-state index contributed by atoms with van der Waals surface area (Å²) in [6.45, 7) is 5.90. The molecule has 0 bridgehead atoms. The Morgan fingerprint density at radius 2 is 1.71 bits per heavy atom. The van der Waals surface area contributed by atoms with Crippen molar-refractivity contribution < 1.29 is 19.1 Å². The van der Waals surface area contributed by atoms with Gasteiger partial charge in [-0.25, -0.2) is 5.43 Å². The predicted molar refractivity (Wildman–Crippen MR) is 134 cm³/mol. The Labute approximate surface area is 203 Å². The van der Waals surface area contributed by atoms with Crippen LogP contribution < -0.4 is 20.2 Å². The Morgan fingerprint density at radius 1 is 0.971 bits per heavy atom. The fraction of sp³-hybridized carbons (Fsp3) is 0.192. The molecular weight excluding hydrogens is 454 g/mol. The molecule has 0 saturated heterocycles. The molecule has 0 fully saturated rings. The number of methoxy groups -OCH3 is 1. The summed E-state index contributed by atoms with van der Waals surface area (Å²) in [5.74, 6) is -0.636. The summed E-state index contributed by atoms with van der Waals surface area (Å²) >= 11 is 6.05. The molecule has 0 aliphatic carbocycles. The van der Waals surface area contributed by atoms with Crippen LogP contribution in [0, 0.1) is 13.8 Å². The maximum absolute atomic E-state index is 12.2. The summed E-state index contributed by atoms with van der Waals surface area (Å²) < 4.78 is 11.3. The van der Waals surface area contributed by atoms with Crippen LogP contribution in [0.15, 0.2) is 65.8 Å². The van der Waals surface area contributed by atoms with Gasteiger partial charge in [0.05, 0.1) is 12.8 Å². The summed E-state index contributed by atoms with van der Waals surface area (Å²) in [5.41, 5.74) is 6.82. The molecule has 3 aromatic rings. The highest BCUT2D eigenvalue weighted by atomic mass is 35.5. The van der Waals surface area contributed by atoms with Crippen molar-refractivity contribution in [2.24, 2.45) is 5.10 Å². The molecule has 0 aliphatic rings. The molecule has 0 aromatic heterocycles. The minimum Gasteiger partial charge on any atom is -0.493 e. The Morgan fingerprint density at radius 3 is 2.41 bits per heavy atom. The summed E-state index contributed by atoms with van der Waals surface area (Å²) in [6, 6.07) is 18.5. The Kier molecular flexibility index (Phi) is 8.27. The molecule has 3 rings (SSSR count). The zero-order chi connectivity index (χ0) is 24.7. The molecule has 0 atom stereocenters. The summed E-state index contributed by atoms with van der Waals surface area (Å²) in [5, 5.41) is 7.06. The predicted octanol–water partition coefficient (Wildman–Crippen LogP) is 5.02. The third kappa shape index (κ3) is 6.36.